The van der Waals surface area contributed by atoms with Crippen LogP contribution >= 0.6 is 0 Å². The van der Waals surface area contributed by atoms with Crippen LogP contribution in [0.5, 0.6) is 0 Å². The minimum atomic E-state index is -0.686. The van der Waals surface area contributed by atoms with E-state index < -0.39 is 11.9 Å². The zero-order valence-corrected chi connectivity index (χ0v) is 9.82. The Bertz CT molecular complexity index is 408. The van der Waals surface area contributed by atoms with Crippen LogP contribution in [-0.4, -0.2) is 38.5 Å². The number of ether oxygens (including phenoxy) is 2. The molecule has 1 saturated heterocycles. The Morgan fingerprint density at radius 3 is 3.11 bits per heavy atom. The van der Waals surface area contributed by atoms with Gasteiger partial charge in [0.2, 0.25) is 0 Å². The average Bonchev–Trinajstić information content (AvgIpc) is 2.40. The van der Waals surface area contributed by atoms with Gasteiger partial charge in [-0.1, -0.05) is 12.1 Å². The molecule has 0 saturated carbocycles. The van der Waals surface area contributed by atoms with Crippen LogP contribution in [-0.2, 0) is 9.47 Å². The van der Waals surface area contributed by atoms with Gasteiger partial charge < -0.3 is 14.8 Å². The second-order valence-corrected chi connectivity index (χ2v) is 3.90. The number of hydrogen-bond acceptors (Lipinski definition) is 4. The Hall–Kier alpha value is -1.66. The largest absolute Gasteiger partial charge is 0.446 e. The summed E-state index contributed by atoms with van der Waals surface area (Å²) < 4.78 is 23.6. The van der Waals surface area contributed by atoms with Crippen molar-refractivity contribution < 1.29 is 18.7 Å². The highest BCUT2D eigenvalue weighted by molar-refractivity contribution is 5.84. The minimum absolute atomic E-state index is 0.102. The lowest BCUT2D eigenvalue weighted by Gasteiger charge is -2.23. The molecule has 1 aliphatic heterocycles. The fraction of sp³-hybridized carbons (Fsp3) is 0.417. The van der Waals surface area contributed by atoms with Gasteiger partial charge in [-0.25, -0.2) is 9.18 Å². The molecule has 1 aromatic carbocycles. The molecule has 0 radical (unpaired) electrons. The molecule has 1 heterocycles. The van der Waals surface area contributed by atoms with Gasteiger partial charge in [0.15, 0.2) is 0 Å². The van der Waals surface area contributed by atoms with Crippen LogP contribution in [0.4, 0.5) is 14.9 Å². The molecule has 0 spiro atoms. The topological polar surface area (TPSA) is 59.6 Å². The van der Waals surface area contributed by atoms with Gasteiger partial charge in [-0.05, 0) is 12.1 Å². The number of anilines is 1. The van der Waals surface area contributed by atoms with E-state index in [1.807, 2.05) is 0 Å². The smallest absolute Gasteiger partial charge is 0.411 e. The van der Waals surface area contributed by atoms with E-state index in [0.29, 0.717) is 13.2 Å². The second kappa shape index (κ2) is 6.32. The first kappa shape index (κ1) is 12.8. The first-order valence-electron chi connectivity index (χ1n) is 5.76. The predicted molar refractivity (Wildman–Crippen MR) is 64.0 cm³/mol. The maximum absolute atomic E-state index is 13.2. The number of para-hydroxylation sites is 1. The van der Waals surface area contributed by atoms with Crippen molar-refractivity contribution in [1.29, 1.82) is 0 Å². The van der Waals surface area contributed by atoms with Gasteiger partial charge in [0, 0.05) is 13.1 Å². The third-order valence-corrected chi connectivity index (χ3v) is 2.52. The Kier molecular flexibility index (Phi) is 4.49. The number of morpholine rings is 1. The summed E-state index contributed by atoms with van der Waals surface area (Å²) in [5.41, 5.74) is 0.102. The second-order valence-electron chi connectivity index (χ2n) is 3.90. The van der Waals surface area contributed by atoms with Crippen LogP contribution in [0, 0.1) is 5.82 Å². The van der Waals surface area contributed by atoms with E-state index in [-0.39, 0.29) is 18.4 Å². The van der Waals surface area contributed by atoms with Gasteiger partial charge >= 0.3 is 6.09 Å². The molecule has 6 heteroatoms. The van der Waals surface area contributed by atoms with E-state index >= 15 is 0 Å². The highest BCUT2D eigenvalue weighted by Crippen LogP contribution is 2.12. The van der Waals surface area contributed by atoms with E-state index in [0.717, 1.165) is 6.54 Å². The molecule has 2 rings (SSSR count). The highest BCUT2D eigenvalue weighted by Gasteiger charge is 2.16. The van der Waals surface area contributed by atoms with Crippen LogP contribution in [0.1, 0.15) is 0 Å². The van der Waals surface area contributed by atoms with Crippen LogP contribution in [0.3, 0.4) is 0 Å². The molecule has 0 bridgehead atoms. The summed E-state index contributed by atoms with van der Waals surface area (Å²) in [7, 11) is 0. The van der Waals surface area contributed by atoms with Crippen molar-refractivity contribution in [1.82, 2.24) is 5.32 Å². The summed E-state index contributed by atoms with van der Waals surface area (Å²) in [6, 6.07) is 5.92. The van der Waals surface area contributed by atoms with Gasteiger partial charge in [-0.2, -0.15) is 0 Å². The number of amides is 1. The van der Waals surface area contributed by atoms with Crippen molar-refractivity contribution >= 4 is 11.8 Å². The molecule has 0 aliphatic carbocycles. The minimum Gasteiger partial charge on any atom is -0.446 e. The summed E-state index contributed by atoms with van der Waals surface area (Å²) in [4.78, 5) is 11.4. The number of rotatable bonds is 3. The monoisotopic (exact) mass is 254 g/mol. The first-order valence-corrected chi connectivity index (χ1v) is 5.76. The van der Waals surface area contributed by atoms with Crippen molar-refractivity contribution in [2.75, 3.05) is 31.6 Å². The van der Waals surface area contributed by atoms with Crippen LogP contribution < -0.4 is 10.6 Å². The third-order valence-electron chi connectivity index (χ3n) is 2.52. The van der Waals surface area contributed by atoms with Gasteiger partial charge in [0.05, 0.1) is 12.3 Å². The van der Waals surface area contributed by atoms with E-state index in [1.165, 1.54) is 12.1 Å². The van der Waals surface area contributed by atoms with Crippen molar-refractivity contribution in [3.05, 3.63) is 30.1 Å². The number of carbonyl (C=O) groups excluding carboxylic acids is 1. The zero-order chi connectivity index (χ0) is 12.8. The average molecular weight is 254 g/mol. The van der Waals surface area contributed by atoms with Crippen LogP contribution in [0.25, 0.3) is 0 Å². The molecule has 2 N–H and O–H groups in total. The molecule has 1 atom stereocenters. The van der Waals surface area contributed by atoms with Crippen LogP contribution in [0.2, 0.25) is 0 Å². The number of halogens is 1. The maximum atomic E-state index is 13.2. The molecular formula is C12H15FN2O3. The van der Waals surface area contributed by atoms with Crippen molar-refractivity contribution in [2.24, 2.45) is 0 Å². The van der Waals surface area contributed by atoms with E-state index in [2.05, 4.69) is 10.6 Å². The normalized spacial score (nSPS) is 19.3. The van der Waals surface area contributed by atoms with Crippen molar-refractivity contribution in [3.63, 3.8) is 0 Å². The van der Waals surface area contributed by atoms with E-state index in [9.17, 15) is 9.18 Å². The molecule has 1 fully saturated rings. The number of nitrogens with one attached hydrogen (secondary N) is 2. The Morgan fingerprint density at radius 1 is 1.56 bits per heavy atom. The quantitative estimate of drug-likeness (QED) is 0.855. The summed E-state index contributed by atoms with van der Waals surface area (Å²) in [5.74, 6) is -0.495. The summed E-state index contributed by atoms with van der Waals surface area (Å²) in [6.07, 6.45) is -0.834. The standard InChI is InChI=1S/C12H15FN2O3/c13-10-3-1-2-4-11(10)15-12(16)18-8-9-7-14-5-6-17-9/h1-4,9,14H,5-8H2,(H,15,16). The fourth-order valence-corrected chi connectivity index (χ4v) is 1.60. The molecular weight excluding hydrogens is 239 g/mol. The number of benzene rings is 1. The molecule has 1 unspecified atom stereocenters. The maximum Gasteiger partial charge on any atom is 0.411 e. The van der Waals surface area contributed by atoms with Crippen molar-refractivity contribution in [3.8, 4) is 0 Å². The predicted octanol–water partition coefficient (Wildman–Crippen LogP) is 1.36. The summed E-state index contributed by atoms with van der Waals surface area (Å²) in [6.45, 7) is 2.20. The van der Waals surface area contributed by atoms with Crippen molar-refractivity contribution in [2.45, 2.75) is 6.10 Å². The zero-order valence-electron chi connectivity index (χ0n) is 9.82. The molecule has 1 aromatic rings. The Balaban J connectivity index is 1.76. The lowest BCUT2D eigenvalue weighted by molar-refractivity contribution is -0.00985. The molecule has 5 nitrogen and oxygen atoms in total. The SMILES string of the molecule is O=C(Nc1ccccc1F)OCC1CNCCO1. The van der Waals surface area contributed by atoms with Gasteiger partial charge in [-0.15, -0.1) is 0 Å². The molecule has 98 valence electrons. The summed E-state index contributed by atoms with van der Waals surface area (Å²) >= 11 is 0. The van der Waals surface area contributed by atoms with Gasteiger partial charge in [0.25, 0.3) is 0 Å². The number of hydrogen-bond donors (Lipinski definition) is 2. The van der Waals surface area contributed by atoms with E-state index in [1.54, 1.807) is 12.1 Å². The van der Waals surface area contributed by atoms with Gasteiger partial charge in [-0.3, -0.25) is 5.32 Å². The first-order chi connectivity index (χ1) is 8.75. The summed E-state index contributed by atoms with van der Waals surface area (Å²) in [5, 5.41) is 5.46. The lowest BCUT2D eigenvalue weighted by atomic mass is 10.3. The molecule has 0 aromatic heterocycles. The highest BCUT2D eigenvalue weighted by atomic mass is 19.1. The van der Waals surface area contributed by atoms with Crippen LogP contribution in [0.15, 0.2) is 24.3 Å². The molecule has 1 aliphatic rings. The lowest BCUT2D eigenvalue weighted by Crippen LogP contribution is -2.41. The Morgan fingerprint density at radius 2 is 2.39 bits per heavy atom. The Labute approximate surface area is 104 Å². The van der Waals surface area contributed by atoms with Gasteiger partial charge in [0.1, 0.15) is 18.5 Å². The fourth-order valence-electron chi connectivity index (χ4n) is 1.60. The molecule has 18 heavy (non-hydrogen) atoms. The number of carbonyl (C=O) groups is 1. The van der Waals surface area contributed by atoms with E-state index in [4.69, 9.17) is 9.47 Å². The molecule has 1 amide bonds. The third kappa shape index (κ3) is 3.68.